The minimum absolute atomic E-state index is 0.366. The Hall–Kier alpha value is -0.990. The van der Waals surface area contributed by atoms with Crippen LogP contribution in [0.25, 0.3) is 10.9 Å². The van der Waals surface area contributed by atoms with Crippen molar-refractivity contribution < 1.29 is 4.79 Å². The van der Waals surface area contributed by atoms with Crippen molar-refractivity contribution in [3.8, 4) is 0 Å². The summed E-state index contributed by atoms with van der Waals surface area (Å²) in [7, 11) is 0. The number of fused-ring (bicyclic) bond motifs is 1. The normalized spacial score (nSPS) is 10.6. The van der Waals surface area contributed by atoms with Gasteiger partial charge in [0.1, 0.15) is 0 Å². The summed E-state index contributed by atoms with van der Waals surface area (Å²) < 4.78 is 0. The van der Waals surface area contributed by atoms with Crippen molar-refractivity contribution in [1.82, 2.24) is 4.98 Å². The molecule has 13 heavy (non-hydrogen) atoms. The number of carbonyl (C=O) groups is 1. The number of aromatic nitrogens is 1. The number of carbonyl (C=O) groups excluding carboxylic acids is 1. The molecule has 1 aromatic carbocycles. The molecule has 0 spiro atoms. The Morgan fingerprint density at radius 3 is 2.77 bits per heavy atom. The van der Waals surface area contributed by atoms with Gasteiger partial charge in [0.25, 0.3) is 5.24 Å². The Balaban J connectivity index is 2.75. The summed E-state index contributed by atoms with van der Waals surface area (Å²) in [6.45, 7) is 0. The van der Waals surface area contributed by atoms with Crippen LogP contribution >= 0.6 is 23.2 Å². The van der Waals surface area contributed by atoms with E-state index < -0.39 is 5.24 Å². The maximum atomic E-state index is 10.8. The summed E-state index contributed by atoms with van der Waals surface area (Å²) in [6, 6.07) is 7.06. The lowest BCUT2D eigenvalue weighted by Gasteiger charge is -1.89. The number of rotatable bonds is 1. The summed E-state index contributed by atoms with van der Waals surface area (Å²) in [4.78, 5) is 13.7. The predicted octanol–water partition coefficient (Wildman–Crippen LogP) is 3.20. The Morgan fingerprint density at radius 1 is 1.38 bits per heavy atom. The van der Waals surface area contributed by atoms with E-state index in [-0.39, 0.29) is 0 Å². The highest BCUT2D eigenvalue weighted by Crippen LogP contribution is 2.24. The molecular formula is C9H5Cl2NO. The molecule has 0 saturated heterocycles. The van der Waals surface area contributed by atoms with E-state index in [2.05, 4.69) is 4.98 Å². The van der Waals surface area contributed by atoms with Gasteiger partial charge in [0.15, 0.2) is 0 Å². The fraction of sp³-hybridized carbons (Fsp3) is 0. The molecule has 4 heteroatoms. The van der Waals surface area contributed by atoms with Crippen LogP contribution in [-0.2, 0) is 0 Å². The molecule has 0 radical (unpaired) electrons. The SMILES string of the molecule is O=C(Cl)c1cc2c(Cl)cccc2[nH]1. The number of aromatic amines is 1. The number of nitrogens with one attached hydrogen (secondary N) is 1. The van der Waals surface area contributed by atoms with Crippen LogP contribution < -0.4 is 0 Å². The van der Waals surface area contributed by atoms with Crippen molar-refractivity contribution >= 4 is 39.3 Å². The Kier molecular flexibility index (Phi) is 2.02. The van der Waals surface area contributed by atoms with E-state index in [1.54, 1.807) is 12.1 Å². The molecule has 2 aromatic rings. The molecule has 0 amide bonds. The fourth-order valence-electron chi connectivity index (χ4n) is 1.22. The minimum atomic E-state index is -0.507. The lowest BCUT2D eigenvalue weighted by atomic mass is 10.2. The van der Waals surface area contributed by atoms with Crippen LogP contribution in [0.3, 0.4) is 0 Å². The summed E-state index contributed by atoms with van der Waals surface area (Å²) in [5.74, 6) is 0. The van der Waals surface area contributed by atoms with Gasteiger partial charge in [-0.2, -0.15) is 0 Å². The zero-order valence-electron chi connectivity index (χ0n) is 6.47. The molecular weight excluding hydrogens is 209 g/mol. The molecule has 0 aliphatic heterocycles. The first-order chi connectivity index (χ1) is 6.18. The zero-order chi connectivity index (χ0) is 9.42. The highest BCUT2D eigenvalue weighted by molar-refractivity contribution is 6.67. The summed E-state index contributed by atoms with van der Waals surface area (Å²) in [5.41, 5.74) is 1.18. The van der Waals surface area contributed by atoms with Crippen molar-refractivity contribution in [2.75, 3.05) is 0 Å². The molecule has 1 N–H and O–H groups in total. The lowest BCUT2D eigenvalue weighted by Crippen LogP contribution is -1.85. The third kappa shape index (κ3) is 1.43. The quantitative estimate of drug-likeness (QED) is 0.726. The van der Waals surface area contributed by atoms with Crippen molar-refractivity contribution in [2.24, 2.45) is 0 Å². The van der Waals surface area contributed by atoms with Gasteiger partial charge < -0.3 is 4.98 Å². The van der Waals surface area contributed by atoms with E-state index in [4.69, 9.17) is 23.2 Å². The van der Waals surface area contributed by atoms with E-state index in [0.717, 1.165) is 10.9 Å². The smallest absolute Gasteiger partial charge is 0.268 e. The van der Waals surface area contributed by atoms with E-state index >= 15 is 0 Å². The summed E-state index contributed by atoms with van der Waals surface area (Å²) in [5, 5.41) is 0.915. The standard InChI is InChI=1S/C9H5Cl2NO/c10-6-2-1-3-7-5(6)4-8(12-7)9(11)13/h1-4,12H. The lowest BCUT2D eigenvalue weighted by molar-refractivity contribution is 0.107. The number of hydrogen-bond donors (Lipinski definition) is 1. The van der Waals surface area contributed by atoms with E-state index in [9.17, 15) is 4.79 Å². The molecule has 0 aliphatic rings. The predicted molar refractivity (Wildman–Crippen MR) is 53.5 cm³/mol. The third-order valence-electron chi connectivity index (χ3n) is 1.82. The van der Waals surface area contributed by atoms with Gasteiger partial charge in [0.2, 0.25) is 0 Å². The van der Waals surface area contributed by atoms with Crippen molar-refractivity contribution in [3.63, 3.8) is 0 Å². The van der Waals surface area contributed by atoms with E-state index in [1.165, 1.54) is 0 Å². The molecule has 0 aliphatic carbocycles. The molecule has 1 heterocycles. The topological polar surface area (TPSA) is 32.9 Å². The maximum Gasteiger partial charge on any atom is 0.268 e. The van der Waals surface area contributed by atoms with Gasteiger partial charge in [-0.1, -0.05) is 17.7 Å². The molecule has 66 valence electrons. The average molecular weight is 214 g/mol. The summed E-state index contributed by atoms with van der Waals surface area (Å²) >= 11 is 11.2. The number of halogens is 2. The van der Waals surface area contributed by atoms with Gasteiger partial charge in [0, 0.05) is 15.9 Å². The number of benzene rings is 1. The van der Waals surface area contributed by atoms with Crippen molar-refractivity contribution in [3.05, 3.63) is 35.0 Å². The van der Waals surface area contributed by atoms with Crippen LogP contribution in [0.2, 0.25) is 5.02 Å². The molecule has 0 saturated carbocycles. The van der Waals surface area contributed by atoms with Gasteiger partial charge in [-0.3, -0.25) is 4.79 Å². The summed E-state index contributed by atoms with van der Waals surface area (Å²) in [6.07, 6.45) is 0. The highest BCUT2D eigenvalue weighted by Gasteiger charge is 2.07. The van der Waals surface area contributed by atoms with Crippen LogP contribution in [0, 0.1) is 0 Å². The van der Waals surface area contributed by atoms with Crippen LogP contribution in [0.5, 0.6) is 0 Å². The van der Waals surface area contributed by atoms with E-state index in [0.29, 0.717) is 10.7 Å². The van der Waals surface area contributed by atoms with Gasteiger partial charge in [0.05, 0.1) is 5.69 Å². The Labute approximate surface area is 84.5 Å². The van der Waals surface area contributed by atoms with Gasteiger partial charge in [-0.15, -0.1) is 0 Å². The molecule has 0 unspecified atom stereocenters. The second kappa shape index (κ2) is 3.05. The first-order valence-corrected chi connectivity index (χ1v) is 4.41. The average Bonchev–Trinajstić information content (AvgIpc) is 2.49. The zero-order valence-corrected chi connectivity index (χ0v) is 7.99. The molecule has 0 atom stereocenters. The van der Waals surface area contributed by atoms with Crippen LogP contribution in [0.15, 0.2) is 24.3 Å². The van der Waals surface area contributed by atoms with Gasteiger partial charge in [-0.25, -0.2) is 0 Å². The minimum Gasteiger partial charge on any atom is -0.351 e. The monoisotopic (exact) mass is 213 g/mol. The second-order valence-corrected chi connectivity index (χ2v) is 3.41. The van der Waals surface area contributed by atoms with Crippen LogP contribution in [0.1, 0.15) is 10.5 Å². The molecule has 1 aromatic heterocycles. The molecule has 0 bridgehead atoms. The largest absolute Gasteiger partial charge is 0.351 e. The number of hydrogen-bond acceptors (Lipinski definition) is 1. The Bertz CT molecular complexity index is 475. The second-order valence-electron chi connectivity index (χ2n) is 2.66. The van der Waals surface area contributed by atoms with Crippen LogP contribution in [0.4, 0.5) is 0 Å². The molecule has 2 rings (SSSR count). The van der Waals surface area contributed by atoms with Crippen LogP contribution in [-0.4, -0.2) is 10.2 Å². The first kappa shape index (κ1) is 8.60. The van der Waals surface area contributed by atoms with Crippen molar-refractivity contribution in [2.45, 2.75) is 0 Å². The maximum absolute atomic E-state index is 10.8. The first-order valence-electron chi connectivity index (χ1n) is 3.65. The fourth-order valence-corrected chi connectivity index (χ4v) is 1.56. The van der Waals surface area contributed by atoms with Crippen molar-refractivity contribution in [1.29, 1.82) is 0 Å². The highest BCUT2D eigenvalue weighted by atomic mass is 35.5. The third-order valence-corrected chi connectivity index (χ3v) is 2.36. The number of H-pyrrole nitrogens is 1. The van der Waals surface area contributed by atoms with E-state index in [1.807, 2.05) is 12.1 Å². The van der Waals surface area contributed by atoms with Gasteiger partial charge in [-0.05, 0) is 29.8 Å². The van der Waals surface area contributed by atoms with Gasteiger partial charge >= 0.3 is 0 Å². The molecule has 2 nitrogen and oxygen atoms in total. The Morgan fingerprint density at radius 2 is 2.15 bits per heavy atom. The molecule has 0 fully saturated rings.